The van der Waals surface area contributed by atoms with Crippen molar-refractivity contribution in [1.29, 1.82) is 0 Å². The van der Waals surface area contributed by atoms with Gasteiger partial charge in [-0.2, -0.15) is 0 Å². The molecule has 0 spiro atoms. The Labute approximate surface area is 94.7 Å². The van der Waals surface area contributed by atoms with Gasteiger partial charge in [-0.05, 0) is 23.1 Å². The second kappa shape index (κ2) is 4.71. The highest BCUT2D eigenvalue weighted by molar-refractivity contribution is 8.00. The Morgan fingerprint density at radius 1 is 1.27 bits per heavy atom. The first kappa shape index (κ1) is 12.1. The molecule has 0 aliphatic heterocycles. The molecule has 0 amide bonds. The quantitative estimate of drug-likeness (QED) is 0.801. The zero-order valence-electron chi connectivity index (χ0n) is 9.28. The monoisotopic (exact) mass is 224 g/mol. The highest BCUT2D eigenvalue weighted by atomic mass is 32.2. The van der Waals surface area contributed by atoms with Gasteiger partial charge in [0.25, 0.3) is 0 Å². The number of hydrogen-bond donors (Lipinski definition) is 1. The van der Waals surface area contributed by atoms with Crippen molar-refractivity contribution in [3.05, 3.63) is 29.8 Å². The summed E-state index contributed by atoms with van der Waals surface area (Å²) in [6, 6.07) is 8.08. The molecule has 0 saturated heterocycles. The molecule has 2 nitrogen and oxygen atoms in total. The van der Waals surface area contributed by atoms with Gasteiger partial charge >= 0.3 is 5.97 Å². The minimum Gasteiger partial charge on any atom is -0.481 e. The van der Waals surface area contributed by atoms with Crippen molar-refractivity contribution in [2.45, 2.75) is 31.1 Å². The van der Waals surface area contributed by atoms with Crippen LogP contribution in [0.4, 0.5) is 0 Å². The first-order valence-corrected chi connectivity index (χ1v) is 5.83. The second-order valence-corrected chi connectivity index (χ2v) is 5.51. The lowest BCUT2D eigenvalue weighted by molar-refractivity contribution is -0.133. The molecule has 0 saturated carbocycles. The zero-order chi connectivity index (χ0) is 11.5. The number of aliphatic carboxylic acids is 1. The third-order valence-electron chi connectivity index (χ3n) is 2.08. The highest BCUT2D eigenvalue weighted by Gasteiger charge is 2.12. The summed E-state index contributed by atoms with van der Waals surface area (Å²) >= 11 is 1.35. The van der Waals surface area contributed by atoms with Crippen LogP contribution in [-0.2, 0) is 10.2 Å². The lowest BCUT2D eigenvalue weighted by Gasteiger charge is -2.18. The normalized spacial score (nSPS) is 11.4. The standard InChI is InChI=1S/C12H16O2S/c1-12(2,3)9-4-6-10(7-5-9)15-8-11(13)14/h4-7H,8H2,1-3H3,(H,13,14). The van der Waals surface area contributed by atoms with E-state index >= 15 is 0 Å². The van der Waals surface area contributed by atoms with E-state index in [0.29, 0.717) is 0 Å². The molecule has 0 unspecified atom stereocenters. The lowest BCUT2D eigenvalue weighted by Crippen LogP contribution is -2.10. The number of hydrogen-bond acceptors (Lipinski definition) is 2. The molecule has 1 aromatic carbocycles. The van der Waals surface area contributed by atoms with E-state index in [1.54, 1.807) is 0 Å². The SMILES string of the molecule is CC(C)(C)c1ccc(SCC(=O)O)cc1. The molecule has 3 heteroatoms. The minimum atomic E-state index is -0.778. The van der Waals surface area contributed by atoms with Crippen LogP contribution in [0.2, 0.25) is 0 Å². The Bertz CT molecular complexity index is 336. The molecule has 0 atom stereocenters. The molecule has 82 valence electrons. The van der Waals surface area contributed by atoms with E-state index in [2.05, 4.69) is 32.9 Å². The molecule has 0 aromatic heterocycles. The number of carbonyl (C=O) groups is 1. The van der Waals surface area contributed by atoms with E-state index < -0.39 is 5.97 Å². The first-order chi connectivity index (χ1) is 6.89. The molecular weight excluding hydrogens is 208 g/mol. The first-order valence-electron chi connectivity index (χ1n) is 4.85. The largest absolute Gasteiger partial charge is 0.481 e. The van der Waals surface area contributed by atoms with Gasteiger partial charge in [0.15, 0.2) is 0 Å². The Kier molecular flexibility index (Phi) is 3.80. The van der Waals surface area contributed by atoms with E-state index in [-0.39, 0.29) is 11.2 Å². The molecule has 1 rings (SSSR count). The summed E-state index contributed by atoms with van der Waals surface area (Å²) < 4.78 is 0. The predicted octanol–water partition coefficient (Wildman–Crippen LogP) is 3.16. The average Bonchev–Trinajstić information content (AvgIpc) is 2.14. The lowest BCUT2D eigenvalue weighted by atomic mass is 9.87. The van der Waals surface area contributed by atoms with Gasteiger partial charge in [0.1, 0.15) is 0 Å². The number of carboxylic acids is 1. The van der Waals surface area contributed by atoms with Crippen molar-refractivity contribution >= 4 is 17.7 Å². The zero-order valence-corrected chi connectivity index (χ0v) is 10.1. The fraction of sp³-hybridized carbons (Fsp3) is 0.417. The molecule has 0 heterocycles. The molecule has 0 aliphatic rings. The predicted molar refractivity (Wildman–Crippen MR) is 63.5 cm³/mol. The van der Waals surface area contributed by atoms with Gasteiger partial charge < -0.3 is 5.11 Å². The molecule has 15 heavy (non-hydrogen) atoms. The molecule has 1 aromatic rings. The van der Waals surface area contributed by atoms with Crippen molar-refractivity contribution in [2.24, 2.45) is 0 Å². The van der Waals surface area contributed by atoms with Crippen molar-refractivity contribution in [2.75, 3.05) is 5.75 Å². The maximum atomic E-state index is 10.4. The van der Waals surface area contributed by atoms with Crippen LogP contribution in [0.5, 0.6) is 0 Å². The summed E-state index contributed by atoms with van der Waals surface area (Å²) in [6.45, 7) is 6.48. The van der Waals surface area contributed by atoms with Gasteiger partial charge in [-0.25, -0.2) is 0 Å². The molecule has 1 N–H and O–H groups in total. The van der Waals surface area contributed by atoms with Crippen LogP contribution < -0.4 is 0 Å². The third-order valence-corrected chi connectivity index (χ3v) is 3.08. The van der Waals surface area contributed by atoms with E-state index in [9.17, 15) is 4.79 Å². The summed E-state index contributed by atoms with van der Waals surface area (Å²) in [5.41, 5.74) is 1.41. The Morgan fingerprint density at radius 3 is 2.20 bits per heavy atom. The van der Waals surface area contributed by atoms with Crippen molar-refractivity contribution in [3.8, 4) is 0 Å². The van der Waals surface area contributed by atoms with Crippen molar-refractivity contribution in [3.63, 3.8) is 0 Å². The van der Waals surface area contributed by atoms with Crippen LogP contribution >= 0.6 is 11.8 Å². The number of thioether (sulfide) groups is 1. The smallest absolute Gasteiger partial charge is 0.313 e. The molecule has 0 fully saturated rings. The van der Waals surface area contributed by atoms with Gasteiger partial charge in [0.05, 0.1) is 5.75 Å². The van der Waals surface area contributed by atoms with Crippen molar-refractivity contribution < 1.29 is 9.90 Å². The van der Waals surface area contributed by atoms with Crippen LogP contribution in [0.25, 0.3) is 0 Å². The molecule has 0 aliphatic carbocycles. The Morgan fingerprint density at radius 2 is 1.80 bits per heavy atom. The van der Waals surface area contributed by atoms with Crippen LogP contribution in [0.1, 0.15) is 26.3 Å². The minimum absolute atomic E-state index is 0.120. The summed E-state index contributed by atoms with van der Waals surface area (Å²) in [5.74, 6) is -0.658. The highest BCUT2D eigenvalue weighted by Crippen LogP contribution is 2.25. The number of benzene rings is 1. The fourth-order valence-corrected chi connectivity index (χ4v) is 1.81. The third kappa shape index (κ3) is 3.96. The molecule has 0 bridgehead atoms. The van der Waals surface area contributed by atoms with E-state index in [0.717, 1.165) is 4.90 Å². The van der Waals surface area contributed by atoms with Crippen LogP contribution in [-0.4, -0.2) is 16.8 Å². The van der Waals surface area contributed by atoms with E-state index in [4.69, 9.17) is 5.11 Å². The summed E-state index contributed by atoms with van der Waals surface area (Å²) in [6.07, 6.45) is 0. The topological polar surface area (TPSA) is 37.3 Å². The maximum Gasteiger partial charge on any atom is 0.313 e. The average molecular weight is 224 g/mol. The Hall–Kier alpha value is -0.960. The van der Waals surface area contributed by atoms with Crippen LogP contribution in [0.3, 0.4) is 0 Å². The number of rotatable bonds is 3. The summed E-state index contributed by atoms with van der Waals surface area (Å²) in [7, 11) is 0. The van der Waals surface area contributed by atoms with Gasteiger partial charge in [0, 0.05) is 4.90 Å². The second-order valence-electron chi connectivity index (χ2n) is 4.46. The van der Waals surface area contributed by atoms with Crippen LogP contribution in [0, 0.1) is 0 Å². The van der Waals surface area contributed by atoms with Crippen LogP contribution in [0.15, 0.2) is 29.2 Å². The van der Waals surface area contributed by atoms with E-state index in [1.165, 1.54) is 17.3 Å². The van der Waals surface area contributed by atoms with Gasteiger partial charge in [0.2, 0.25) is 0 Å². The van der Waals surface area contributed by atoms with Crippen molar-refractivity contribution in [1.82, 2.24) is 0 Å². The molecule has 0 radical (unpaired) electrons. The van der Waals surface area contributed by atoms with E-state index in [1.807, 2.05) is 12.1 Å². The van der Waals surface area contributed by atoms with Gasteiger partial charge in [-0.1, -0.05) is 32.9 Å². The Balaban J connectivity index is 2.69. The number of carboxylic acid groups (broad SMARTS) is 1. The molecular formula is C12H16O2S. The van der Waals surface area contributed by atoms with Gasteiger partial charge in [-0.3, -0.25) is 4.79 Å². The van der Waals surface area contributed by atoms with Gasteiger partial charge in [-0.15, -0.1) is 11.8 Å². The summed E-state index contributed by atoms with van der Waals surface area (Å²) in [4.78, 5) is 11.4. The maximum absolute atomic E-state index is 10.4. The fourth-order valence-electron chi connectivity index (χ4n) is 1.20. The summed E-state index contributed by atoms with van der Waals surface area (Å²) in [5, 5.41) is 8.54.